The molecule has 0 amide bonds. The Hall–Kier alpha value is -5.89. The highest BCUT2D eigenvalue weighted by Gasteiger charge is 2.19. The Morgan fingerprint density at radius 3 is 2.40 bits per heavy atom. The summed E-state index contributed by atoms with van der Waals surface area (Å²) < 4.78 is 20.9. The summed E-state index contributed by atoms with van der Waals surface area (Å²) in [6, 6.07) is 21.8. The van der Waals surface area contributed by atoms with Gasteiger partial charge in [0.1, 0.15) is 16.4 Å². The maximum absolute atomic E-state index is 14.0. The third-order valence-corrected chi connectivity index (χ3v) is 8.67. The minimum atomic E-state index is -1.26. The third kappa shape index (κ3) is 6.58. The number of carbonyl (C=O) groups is 1. The number of aromatic nitrogens is 4. The van der Waals surface area contributed by atoms with Crippen molar-refractivity contribution in [2.45, 2.75) is 26.4 Å². The van der Waals surface area contributed by atoms with E-state index in [9.17, 15) is 23.6 Å². The number of halogens is 1. The first-order valence-corrected chi connectivity index (χ1v) is 15.2. The van der Waals surface area contributed by atoms with Gasteiger partial charge in [-0.05, 0) is 41.3 Å². The van der Waals surface area contributed by atoms with E-state index in [0.29, 0.717) is 33.6 Å². The average molecular weight is 656 g/mol. The lowest BCUT2D eigenvalue weighted by atomic mass is 9.98. The number of H-pyrrole nitrogens is 1. The summed E-state index contributed by atoms with van der Waals surface area (Å²) in [6.45, 7) is 0.993. The molecule has 0 unspecified atom stereocenters. The maximum Gasteiger partial charge on any atom is 0.439 e. The summed E-state index contributed by atoms with van der Waals surface area (Å²) in [7, 11) is 0. The molecule has 0 aliphatic carbocycles. The predicted octanol–water partition coefficient (Wildman–Crippen LogP) is 4.49. The highest BCUT2D eigenvalue weighted by Crippen LogP contribution is 2.30. The van der Waals surface area contributed by atoms with E-state index in [2.05, 4.69) is 19.8 Å². The molecule has 0 atom stereocenters. The molecule has 0 fully saturated rings. The number of carboxylic acid groups (broad SMARTS) is 1. The van der Waals surface area contributed by atoms with Crippen molar-refractivity contribution in [2.75, 3.05) is 6.61 Å². The molecule has 14 heteroatoms. The van der Waals surface area contributed by atoms with Gasteiger partial charge in [0.15, 0.2) is 5.82 Å². The van der Waals surface area contributed by atoms with Crippen LogP contribution in [0.5, 0.6) is 0 Å². The number of nitrogens with one attached hydrogen (secondary N) is 1. The van der Waals surface area contributed by atoms with E-state index in [0.717, 1.165) is 26.1 Å². The number of rotatable bonds is 11. The van der Waals surface area contributed by atoms with Gasteiger partial charge in [-0.2, -0.15) is 0 Å². The zero-order chi connectivity index (χ0) is 33.1. The van der Waals surface area contributed by atoms with Crippen LogP contribution in [0.2, 0.25) is 0 Å². The summed E-state index contributed by atoms with van der Waals surface area (Å²) >= 11 is 1.36. The third-order valence-electron chi connectivity index (χ3n) is 7.37. The van der Waals surface area contributed by atoms with Gasteiger partial charge in [-0.15, -0.1) is 11.3 Å². The van der Waals surface area contributed by atoms with Crippen molar-refractivity contribution < 1.29 is 23.7 Å². The summed E-state index contributed by atoms with van der Waals surface area (Å²) in [5.41, 5.74) is 2.36. The lowest BCUT2D eigenvalue weighted by molar-refractivity contribution is -0.142. The second-order valence-electron chi connectivity index (χ2n) is 10.4. The molecule has 12 nitrogen and oxygen atoms in total. The number of aromatic amines is 1. The van der Waals surface area contributed by atoms with Gasteiger partial charge in [-0.25, -0.2) is 18.8 Å². The lowest BCUT2D eigenvalue weighted by Crippen LogP contribution is -2.41. The molecule has 6 aromatic rings. The van der Waals surface area contributed by atoms with E-state index in [1.54, 1.807) is 6.07 Å². The van der Waals surface area contributed by atoms with Crippen molar-refractivity contribution in [1.82, 2.24) is 19.3 Å². The largest absolute Gasteiger partial charge is 0.479 e. The predicted molar refractivity (Wildman–Crippen MR) is 173 cm³/mol. The minimum Gasteiger partial charge on any atom is -0.479 e. The van der Waals surface area contributed by atoms with Crippen LogP contribution in [0.4, 0.5) is 4.39 Å². The molecule has 0 bridgehead atoms. The Kier molecular flexibility index (Phi) is 8.75. The second-order valence-corrected chi connectivity index (χ2v) is 11.6. The van der Waals surface area contributed by atoms with E-state index < -0.39 is 35.4 Å². The minimum absolute atomic E-state index is 0.0683. The molecule has 0 saturated heterocycles. The Bertz CT molecular complexity index is 2300. The number of hydrogen-bond acceptors (Lipinski definition) is 9. The molecule has 3 aromatic carbocycles. The summed E-state index contributed by atoms with van der Waals surface area (Å²) in [5.74, 6) is -2.13. The molecule has 0 aliphatic heterocycles. The molecule has 0 saturated carbocycles. The van der Waals surface area contributed by atoms with Crippen LogP contribution in [0.25, 0.3) is 32.7 Å². The van der Waals surface area contributed by atoms with Gasteiger partial charge in [-0.1, -0.05) is 77.9 Å². The lowest BCUT2D eigenvalue weighted by Gasteiger charge is -2.14. The van der Waals surface area contributed by atoms with Gasteiger partial charge in [0, 0.05) is 16.0 Å². The quantitative estimate of drug-likeness (QED) is 0.152. The fraction of sp³-hybridized carbons (Fsp3) is 0.152. The van der Waals surface area contributed by atoms with Crippen molar-refractivity contribution >= 4 is 33.2 Å². The van der Waals surface area contributed by atoms with E-state index in [1.807, 2.05) is 55.5 Å². The Morgan fingerprint density at radius 1 is 1.02 bits per heavy atom. The highest BCUT2D eigenvalue weighted by atomic mass is 32.1. The van der Waals surface area contributed by atoms with Crippen LogP contribution in [0.15, 0.2) is 103 Å². The number of benzene rings is 3. The first-order chi connectivity index (χ1) is 22.7. The smallest absolute Gasteiger partial charge is 0.439 e. The van der Waals surface area contributed by atoms with Gasteiger partial charge >= 0.3 is 17.4 Å². The van der Waals surface area contributed by atoms with Crippen LogP contribution in [0.3, 0.4) is 0 Å². The molecule has 0 aliphatic rings. The van der Waals surface area contributed by atoms with E-state index in [1.165, 1.54) is 40.2 Å². The molecule has 2 N–H and O–H groups in total. The van der Waals surface area contributed by atoms with Crippen LogP contribution >= 0.6 is 11.3 Å². The van der Waals surface area contributed by atoms with Crippen LogP contribution in [-0.4, -0.2) is 42.7 Å². The molecule has 238 valence electrons. The number of aliphatic carboxylic acids is 1. The van der Waals surface area contributed by atoms with E-state index in [-0.39, 0.29) is 18.8 Å². The molecule has 6 rings (SSSR count). The molecular weight excluding hydrogens is 629 g/mol. The molecule has 0 spiro atoms. The summed E-state index contributed by atoms with van der Waals surface area (Å²) in [6.07, 6.45) is 0.656. The molecule has 47 heavy (non-hydrogen) atoms. The van der Waals surface area contributed by atoms with Gasteiger partial charge in [0.25, 0.3) is 5.56 Å². The molecule has 0 radical (unpaired) electrons. The van der Waals surface area contributed by atoms with E-state index >= 15 is 0 Å². The average Bonchev–Trinajstić information content (AvgIpc) is 3.71. The second kappa shape index (κ2) is 13.2. The zero-order valence-electron chi connectivity index (χ0n) is 24.8. The summed E-state index contributed by atoms with van der Waals surface area (Å²) in [4.78, 5) is 59.3. The fourth-order valence-electron chi connectivity index (χ4n) is 5.09. The topological polar surface area (TPSA) is 162 Å². The van der Waals surface area contributed by atoms with Crippen molar-refractivity contribution in [3.63, 3.8) is 0 Å². The Labute approximate surface area is 268 Å². The zero-order valence-corrected chi connectivity index (χ0v) is 25.6. The molecule has 3 aromatic heterocycles. The van der Waals surface area contributed by atoms with Crippen molar-refractivity contribution in [2.24, 2.45) is 5.16 Å². The van der Waals surface area contributed by atoms with Crippen LogP contribution in [0.1, 0.15) is 22.9 Å². The Balaban J connectivity index is 1.39. The number of carboxylic acids is 1. The monoisotopic (exact) mass is 655 g/mol. The first kappa shape index (κ1) is 31.1. The van der Waals surface area contributed by atoms with Gasteiger partial charge in [0.05, 0.1) is 18.5 Å². The van der Waals surface area contributed by atoms with E-state index in [4.69, 9.17) is 9.94 Å². The van der Waals surface area contributed by atoms with Crippen LogP contribution < -0.4 is 17.0 Å². The number of fused-ring (bicyclic) bond motifs is 1. The standard InChI is InChI=1S/C33H26FN5O7S/c1-2-23-15-26-30(42)38(17-27(36-45-18-28(40)41)21-11-13-22(34)14-12-21)33(44)39(31(26)47-23)16-19-7-9-20(10-8-19)24-5-3-4-6-25(24)29-35-32(43)46-37-29/h3-15H,2,16-18H2,1H3,(H,40,41)(H,35,37,43)/b36-27-. The number of aryl methyl sites for hydroxylation is 1. The van der Waals surface area contributed by atoms with Crippen molar-refractivity contribution in [3.05, 3.63) is 132 Å². The number of thiophene rings is 1. The van der Waals surface area contributed by atoms with Gasteiger partial charge < -0.3 is 9.94 Å². The highest BCUT2D eigenvalue weighted by molar-refractivity contribution is 7.18. The molecule has 3 heterocycles. The fourth-order valence-corrected chi connectivity index (χ4v) is 6.17. The number of oxime groups is 1. The first-order valence-electron chi connectivity index (χ1n) is 14.4. The van der Waals surface area contributed by atoms with Crippen molar-refractivity contribution in [3.8, 4) is 22.5 Å². The van der Waals surface area contributed by atoms with Gasteiger partial charge in [-0.3, -0.25) is 23.4 Å². The number of hydrogen-bond donors (Lipinski definition) is 2. The molecular formula is C33H26FN5O7S. The normalized spacial score (nSPS) is 11.7. The number of nitrogens with zero attached hydrogens (tertiary/aromatic N) is 4. The Morgan fingerprint density at radius 2 is 1.74 bits per heavy atom. The van der Waals surface area contributed by atoms with Crippen molar-refractivity contribution in [1.29, 1.82) is 0 Å². The SMILES string of the molecule is CCc1cc2c(=O)n(C/C(=N/OCC(=O)O)c3ccc(F)cc3)c(=O)n(Cc3ccc(-c4ccccc4-c4noc(=O)[nH]4)cc3)c2s1. The van der Waals surface area contributed by atoms with Crippen LogP contribution in [0, 0.1) is 5.82 Å². The van der Waals surface area contributed by atoms with Crippen LogP contribution in [-0.2, 0) is 29.1 Å². The van der Waals surface area contributed by atoms with Gasteiger partial charge in [0.2, 0.25) is 6.61 Å². The summed E-state index contributed by atoms with van der Waals surface area (Å²) in [5, 5.41) is 17.1. The maximum atomic E-state index is 14.0.